The first-order chi connectivity index (χ1) is 4.77. The third-order valence-corrected chi connectivity index (χ3v) is 1.10. The minimum atomic E-state index is 0. The first-order valence-electron chi connectivity index (χ1n) is 3.41. The van der Waals surface area contributed by atoms with Gasteiger partial charge >= 0.3 is 51.4 Å². The van der Waals surface area contributed by atoms with Crippen molar-refractivity contribution in [1.29, 1.82) is 0 Å². The maximum atomic E-state index is 10.3. The smallest absolute Gasteiger partial charge is 0.694 e. The van der Waals surface area contributed by atoms with Crippen LogP contribution in [0.2, 0.25) is 0 Å². The molecule has 0 aliphatic heterocycles. The molecule has 0 saturated carbocycles. The fraction of sp³-hybridized carbons (Fsp3) is 0.625. The number of nitrogens with one attached hydrogen (secondary N) is 1. The molecule has 1 amide bonds. The molecular weight excluding hydrogens is 165 g/mol. The average molecular weight is 177 g/mol. The SMILES string of the molecule is [C-]#CCCCCNC(C)=O.[K+]. The van der Waals surface area contributed by atoms with Gasteiger partial charge in [0.05, 0.1) is 0 Å². The van der Waals surface area contributed by atoms with Gasteiger partial charge in [-0.2, -0.15) is 0 Å². The maximum Gasteiger partial charge on any atom is 1.00 e. The molecule has 11 heavy (non-hydrogen) atoms. The van der Waals surface area contributed by atoms with Crippen molar-refractivity contribution in [2.45, 2.75) is 26.2 Å². The molecule has 0 unspecified atom stereocenters. The van der Waals surface area contributed by atoms with Gasteiger partial charge in [-0.3, -0.25) is 4.79 Å². The number of hydrogen-bond donors (Lipinski definition) is 1. The molecular formula is C8H12KNO. The monoisotopic (exact) mass is 177 g/mol. The predicted octanol–water partition coefficient (Wildman–Crippen LogP) is -2.11. The van der Waals surface area contributed by atoms with Gasteiger partial charge in [0.25, 0.3) is 0 Å². The van der Waals surface area contributed by atoms with Crippen LogP contribution in [0.3, 0.4) is 0 Å². The summed E-state index contributed by atoms with van der Waals surface area (Å²) >= 11 is 0. The van der Waals surface area contributed by atoms with Gasteiger partial charge in [-0.05, 0) is 19.3 Å². The quantitative estimate of drug-likeness (QED) is 0.226. The van der Waals surface area contributed by atoms with Crippen LogP contribution in [0, 0.1) is 12.3 Å². The molecule has 0 rings (SSSR count). The van der Waals surface area contributed by atoms with Gasteiger partial charge < -0.3 is 17.7 Å². The van der Waals surface area contributed by atoms with Crippen molar-refractivity contribution in [3.8, 4) is 5.92 Å². The van der Waals surface area contributed by atoms with Crippen LogP contribution in [-0.2, 0) is 4.79 Å². The van der Waals surface area contributed by atoms with Gasteiger partial charge in [0.15, 0.2) is 0 Å². The third-order valence-electron chi connectivity index (χ3n) is 1.10. The molecule has 0 fully saturated rings. The first-order valence-corrected chi connectivity index (χ1v) is 3.41. The summed E-state index contributed by atoms with van der Waals surface area (Å²) in [6.45, 7) is 2.22. The number of carbonyl (C=O) groups is 1. The minimum Gasteiger partial charge on any atom is -0.694 e. The van der Waals surface area contributed by atoms with Crippen LogP contribution in [0.15, 0.2) is 0 Å². The van der Waals surface area contributed by atoms with Crippen molar-refractivity contribution in [1.82, 2.24) is 5.32 Å². The zero-order chi connectivity index (χ0) is 7.82. The van der Waals surface area contributed by atoms with Gasteiger partial charge in [-0.15, -0.1) is 0 Å². The number of hydrogen-bond acceptors (Lipinski definition) is 1. The summed E-state index contributed by atoms with van der Waals surface area (Å²) in [7, 11) is 0. The van der Waals surface area contributed by atoms with Crippen LogP contribution in [-0.4, -0.2) is 12.5 Å². The number of unbranched alkanes of at least 4 members (excludes halogenated alkanes) is 2. The van der Waals surface area contributed by atoms with Crippen molar-refractivity contribution < 1.29 is 56.2 Å². The van der Waals surface area contributed by atoms with Gasteiger partial charge in [0.2, 0.25) is 5.91 Å². The number of rotatable bonds is 4. The van der Waals surface area contributed by atoms with Gasteiger partial charge in [-0.1, -0.05) is 0 Å². The van der Waals surface area contributed by atoms with E-state index in [2.05, 4.69) is 11.2 Å². The van der Waals surface area contributed by atoms with Crippen LogP contribution in [0.5, 0.6) is 0 Å². The molecule has 0 heterocycles. The maximum absolute atomic E-state index is 10.3. The Morgan fingerprint density at radius 2 is 2.18 bits per heavy atom. The normalized spacial score (nSPS) is 7.64. The molecule has 3 heteroatoms. The Kier molecular flexibility index (Phi) is 13.8. The van der Waals surface area contributed by atoms with Gasteiger partial charge in [0.1, 0.15) is 0 Å². The summed E-state index contributed by atoms with van der Waals surface area (Å²) in [6.07, 6.45) is 9.15. The fourth-order valence-electron chi connectivity index (χ4n) is 0.603. The second-order valence-corrected chi connectivity index (χ2v) is 2.12. The molecule has 2 nitrogen and oxygen atoms in total. The van der Waals surface area contributed by atoms with E-state index in [1.54, 1.807) is 0 Å². The Balaban J connectivity index is 0. The van der Waals surface area contributed by atoms with Crippen LogP contribution < -0.4 is 56.7 Å². The Bertz CT molecular complexity index is 140. The zero-order valence-electron chi connectivity index (χ0n) is 7.24. The van der Waals surface area contributed by atoms with Gasteiger partial charge in [-0.25, -0.2) is 0 Å². The van der Waals surface area contributed by atoms with Crippen LogP contribution in [0.4, 0.5) is 0 Å². The molecule has 0 aliphatic carbocycles. The molecule has 0 saturated heterocycles. The summed E-state index contributed by atoms with van der Waals surface area (Å²) in [6, 6.07) is 0. The summed E-state index contributed by atoms with van der Waals surface area (Å²) in [5.74, 6) is 2.31. The standard InChI is InChI=1S/C8H12NO.K/c1-3-4-5-6-7-9-8(2)10;/h4-7H2,2H3,(H,9,10);/q-1;+1. The van der Waals surface area contributed by atoms with E-state index in [0.29, 0.717) is 6.42 Å². The van der Waals surface area contributed by atoms with E-state index in [1.165, 1.54) is 6.92 Å². The van der Waals surface area contributed by atoms with E-state index in [0.717, 1.165) is 19.4 Å². The molecule has 0 atom stereocenters. The van der Waals surface area contributed by atoms with Crippen molar-refractivity contribution >= 4 is 5.91 Å². The topological polar surface area (TPSA) is 29.1 Å². The van der Waals surface area contributed by atoms with Crippen LogP contribution in [0.1, 0.15) is 26.2 Å². The van der Waals surface area contributed by atoms with Crippen LogP contribution in [0.25, 0.3) is 0 Å². The second kappa shape index (κ2) is 10.7. The average Bonchev–Trinajstić information content (AvgIpc) is 1.87. The van der Waals surface area contributed by atoms with E-state index in [9.17, 15) is 4.79 Å². The molecule has 0 bridgehead atoms. The summed E-state index contributed by atoms with van der Waals surface area (Å²) in [5, 5.41) is 2.68. The van der Waals surface area contributed by atoms with E-state index in [4.69, 9.17) is 6.42 Å². The minimum absolute atomic E-state index is 0. The molecule has 0 aromatic carbocycles. The van der Waals surface area contributed by atoms with Crippen molar-refractivity contribution in [3.05, 3.63) is 6.42 Å². The predicted molar refractivity (Wildman–Crippen MR) is 39.7 cm³/mol. The fourth-order valence-corrected chi connectivity index (χ4v) is 0.603. The molecule has 0 aliphatic rings. The molecule has 0 aromatic rings. The summed E-state index contributed by atoms with van der Waals surface area (Å²) in [4.78, 5) is 10.3. The van der Waals surface area contributed by atoms with Crippen molar-refractivity contribution in [3.63, 3.8) is 0 Å². The van der Waals surface area contributed by atoms with E-state index >= 15 is 0 Å². The number of carbonyl (C=O) groups excluding carboxylic acids is 1. The molecule has 56 valence electrons. The number of amides is 1. The van der Waals surface area contributed by atoms with E-state index in [-0.39, 0.29) is 57.3 Å². The van der Waals surface area contributed by atoms with Crippen molar-refractivity contribution in [2.75, 3.05) is 6.54 Å². The molecule has 1 N–H and O–H groups in total. The van der Waals surface area contributed by atoms with Gasteiger partial charge in [0, 0.05) is 13.5 Å². The molecule has 0 spiro atoms. The Hall–Kier alpha value is 0.666. The Morgan fingerprint density at radius 1 is 1.55 bits per heavy atom. The Morgan fingerprint density at radius 3 is 2.64 bits per heavy atom. The van der Waals surface area contributed by atoms with E-state index < -0.39 is 0 Å². The second-order valence-electron chi connectivity index (χ2n) is 2.12. The zero-order valence-corrected chi connectivity index (χ0v) is 10.4. The summed E-state index contributed by atoms with van der Waals surface area (Å²) in [5.41, 5.74) is 0. The van der Waals surface area contributed by atoms with Crippen LogP contribution >= 0.6 is 0 Å². The molecule has 0 radical (unpaired) electrons. The third kappa shape index (κ3) is 13.6. The van der Waals surface area contributed by atoms with Crippen molar-refractivity contribution in [2.24, 2.45) is 0 Å². The summed E-state index contributed by atoms with van der Waals surface area (Å²) < 4.78 is 0. The first kappa shape index (κ1) is 14.2. The molecule has 0 aromatic heterocycles. The van der Waals surface area contributed by atoms with E-state index in [1.807, 2.05) is 0 Å². The Labute approximate surface area is 111 Å². The largest absolute Gasteiger partial charge is 1.00 e.